The number of carbonyl (C=O) groups excluding carboxylic acids is 1. The van der Waals surface area contributed by atoms with Gasteiger partial charge in [-0.3, -0.25) is 9.48 Å². The molecule has 0 aliphatic carbocycles. The van der Waals surface area contributed by atoms with Crippen LogP contribution >= 0.6 is 0 Å². The Morgan fingerprint density at radius 3 is 2.95 bits per heavy atom. The Bertz CT molecular complexity index is 459. The van der Waals surface area contributed by atoms with Crippen molar-refractivity contribution in [2.45, 2.75) is 31.4 Å². The highest BCUT2D eigenvalue weighted by Gasteiger charge is 2.35. The second-order valence-electron chi connectivity index (χ2n) is 5.44. The van der Waals surface area contributed by atoms with E-state index in [2.05, 4.69) is 5.10 Å². The van der Waals surface area contributed by atoms with E-state index in [9.17, 15) is 4.79 Å². The van der Waals surface area contributed by atoms with Gasteiger partial charge in [-0.15, -0.1) is 0 Å². The normalized spacial score (nSPS) is 25.4. The molecule has 0 bridgehead atoms. The van der Waals surface area contributed by atoms with Crippen LogP contribution < -0.4 is 5.73 Å². The van der Waals surface area contributed by atoms with Gasteiger partial charge < -0.3 is 15.4 Å². The van der Waals surface area contributed by atoms with E-state index >= 15 is 0 Å². The van der Waals surface area contributed by atoms with Crippen LogP contribution in [0.5, 0.6) is 0 Å². The Labute approximate surface area is 113 Å². The molecule has 19 heavy (non-hydrogen) atoms. The summed E-state index contributed by atoms with van der Waals surface area (Å²) in [4.78, 5) is 14.2. The van der Waals surface area contributed by atoms with Crippen molar-refractivity contribution in [3.8, 4) is 0 Å². The second-order valence-corrected chi connectivity index (χ2v) is 5.44. The molecule has 2 unspecified atom stereocenters. The van der Waals surface area contributed by atoms with Crippen LogP contribution in [0.4, 0.5) is 0 Å². The van der Waals surface area contributed by atoms with Gasteiger partial charge in [-0.1, -0.05) is 0 Å². The van der Waals surface area contributed by atoms with Gasteiger partial charge in [-0.05, 0) is 19.8 Å². The Hall–Kier alpha value is -1.40. The predicted molar refractivity (Wildman–Crippen MR) is 71.4 cm³/mol. The molecule has 2 atom stereocenters. The number of hydrogen-bond acceptors (Lipinski definition) is 4. The average Bonchev–Trinajstić information content (AvgIpc) is 2.84. The third-order valence-electron chi connectivity index (χ3n) is 3.81. The lowest BCUT2D eigenvalue weighted by Gasteiger charge is -2.40. The highest BCUT2D eigenvalue weighted by Crippen LogP contribution is 2.25. The van der Waals surface area contributed by atoms with Crippen LogP contribution in [0.15, 0.2) is 12.4 Å². The van der Waals surface area contributed by atoms with Gasteiger partial charge in [0.05, 0.1) is 11.8 Å². The molecule has 6 nitrogen and oxygen atoms in total. The van der Waals surface area contributed by atoms with Gasteiger partial charge in [0.15, 0.2) is 0 Å². The summed E-state index contributed by atoms with van der Waals surface area (Å²) in [6.07, 6.45) is 5.33. The number of nitrogens with zero attached hydrogens (tertiary/aromatic N) is 3. The minimum atomic E-state index is -0.645. The number of ether oxygens (including phenoxy) is 1. The lowest BCUT2D eigenvalue weighted by molar-refractivity contribution is -0.140. The van der Waals surface area contributed by atoms with Crippen molar-refractivity contribution < 1.29 is 9.53 Å². The number of nitrogens with two attached hydrogens (primary N) is 1. The first-order valence-corrected chi connectivity index (χ1v) is 6.53. The van der Waals surface area contributed by atoms with E-state index in [-0.39, 0.29) is 11.5 Å². The topological polar surface area (TPSA) is 73.4 Å². The van der Waals surface area contributed by atoms with Crippen LogP contribution in [-0.2, 0) is 16.6 Å². The van der Waals surface area contributed by atoms with E-state index in [4.69, 9.17) is 10.5 Å². The van der Waals surface area contributed by atoms with Crippen molar-refractivity contribution in [1.82, 2.24) is 14.7 Å². The molecular weight excluding hydrogens is 244 g/mol. The number of amides is 1. The highest BCUT2D eigenvalue weighted by molar-refractivity contribution is 5.83. The van der Waals surface area contributed by atoms with Crippen molar-refractivity contribution in [1.29, 1.82) is 0 Å². The Morgan fingerprint density at radius 2 is 2.37 bits per heavy atom. The minimum absolute atomic E-state index is 0.0593. The number of methoxy groups -OCH3 is 1. The maximum Gasteiger partial charge on any atom is 0.244 e. The van der Waals surface area contributed by atoms with Gasteiger partial charge in [-0.2, -0.15) is 5.10 Å². The lowest BCUT2D eigenvalue weighted by atomic mass is 9.94. The molecular formula is C13H22N4O2. The monoisotopic (exact) mass is 266 g/mol. The summed E-state index contributed by atoms with van der Waals surface area (Å²) in [5.74, 6) is -0.0593. The first-order valence-electron chi connectivity index (χ1n) is 6.53. The lowest BCUT2D eigenvalue weighted by Crippen LogP contribution is -2.51. The third-order valence-corrected chi connectivity index (χ3v) is 3.81. The maximum absolute atomic E-state index is 12.4. The van der Waals surface area contributed by atoms with E-state index in [1.807, 2.05) is 14.0 Å². The molecule has 6 heteroatoms. The van der Waals surface area contributed by atoms with Crippen LogP contribution in [0.2, 0.25) is 0 Å². The number of rotatable bonds is 3. The van der Waals surface area contributed by atoms with E-state index in [0.717, 1.165) is 24.9 Å². The summed E-state index contributed by atoms with van der Waals surface area (Å²) in [6, 6.07) is -0.645. The van der Waals surface area contributed by atoms with Crippen molar-refractivity contribution in [3.63, 3.8) is 0 Å². The maximum atomic E-state index is 12.4. The van der Waals surface area contributed by atoms with Crippen LogP contribution in [0.1, 0.15) is 31.4 Å². The van der Waals surface area contributed by atoms with Gasteiger partial charge in [-0.25, -0.2) is 0 Å². The SMILES string of the molecule is COC1(C)CCCN(C(=O)C(N)c2cnn(C)c2)C1. The number of aryl methyl sites for hydroxylation is 1. The van der Waals surface area contributed by atoms with E-state index in [1.54, 1.807) is 29.1 Å². The first kappa shape index (κ1) is 14.0. The zero-order valence-electron chi connectivity index (χ0n) is 11.8. The summed E-state index contributed by atoms with van der Waals surface area (Å²) in [5.41, 5.74) is 6.51. The molecule has 0 aromatic carbocycles. The molecule has 1 aromatic heterocycles. The standard InChI is InChI=1S/C13H22N4O2/c1-13(19-3)5-4-6-17(9-13)12(18)11(14)10-7-15-16(2)8-10/h7-8,11H,4-6,9,14H2,1-3H3. The zero-order valence-corrected chi connectivity index (χ0v) is 11.8. The molecule has 2 rings (SSSR count). The van der Waals surface area contributed by atoms with Crippen LogP contribution in [-0.4, -0.2) is 46.4 Å². The minimum Gasteiger partial charge on any atom is -0.377 e. The summed E-state index contributed by atoms with van der Waals surface area (Å²) in [6.45, 7) is 3.37. The summed E-state index contributed by atoms with van der Waals surface area (Å²) >= 11 is 0. The molecule has 106 valence electrons. The molecule has 0 spiro atoms. The Morgan fingerprint density at radius 1 is 1.63 bits per heavy atom. The average molecular weight is 266 g/mol. The largest absolute Gasteiger partial charge is 0.377 e. The fourth-order valence-electron chi connectivity index (χ4n) is 2.50. The molecule has 1 aromatic rings. The van der Waals surface area contributed by atoms with Crippen LogP contribution in [0, 0.1) is 0 Å². The number of aromatic nitrogens is 2. The molecule has 1 aliphatic rings. The summed E-state index contributed by atoms with van der Waals surface area (Å²) in [5, 5.41) is 4.05. The van der Waals surface area contributed by atoms with Gasteiger partial charge in [0, 0.05) is 39.0 Å². The molecule has 1 amide bonds. The highest BCUT2D eigenvalue weighted by atomic mass is 16.5. The molecule has 2 N–H and O–H groups in total. The van der Waals surface area contributed by atoms with Gasteiger partial charge >= 0.3 is 0 Å². The molecule has 2 heterocycles. The summed E-state index contributed by atoms with van der Waals surface area (Å²) < 4.78 is 7.15. The van der Waals surface area contributed by atoms with E-state index < -0.39 is 6.04 Å². The Kier molecular flexibility index (Phi) is 3.91. The number of hydrogen-bond donors (Lipinski definition) is 1. The predicted octanol–water partition coefficient (Wildman–Crippen LogP) is 0.447. The third kappa shape index (κ3) is 2.96. The molecule has 1 saturated heterocycles. The van der Waals surface area contributed by atoms with Gasteiger partial charge in [0.25, 0.3) is 0 Å². The number of likely N-dealkylation sites (tertiary alicyclic amines) is 1. The van der Waals surface area contributed by atoms with Crippen molar-refractivity contribution in [2.75, 3.05) is 20.2 Å². The summed E-state index contributed by atoms with van der Waals surface area (Å²) in [7, 11) is 3.50. The smallest absolute Gasteiger partial charge is 0.244 e. The fourth-order valence-corrected chi connectivity index (χ4v) is 2.50. The Balaban J connectivity index is 2.07. The van der Waals surface area contributed by atoms with Gasteiger partial charge in [0.1, 0.15) is 6.04 Å². The first-order chi connectivity index (χ1) is 8.95. The second kappa shape index (κ2) is 5.30. The molecule has 1 aliphatic heterocycles. The van der Waals surface area contributed by atoms with E-state index in [1.165, 1.54) is 0 Å². The van der Waals surface area contributed by atoms with Crippen molar-refractivity contribution >= 4 is 5.91 Å². The molecule has 0 radical (unpaired) electrons. The number of carbonyl (C=O) groups is 1. The van der Waals surface area contributed by atoms with Gasteiger partial charge in [0.2, 0.25) is 5.91 Å². The van der Waals surface area contributed by atoms with Crippen molar-refractivity contribution in [3.05, 3.63) is 18.0 Å². The quantitative estimate of drug-likeness (QED) is 0.862. The number of piperidine rings is 1. The van der Waals surface area contributed by atoms with E-state index in [0.29, 0.717) is 6.54 Å². The van der Waals surface area contributed by atoms with Crippen LogP contribution in [0.3, 0.4) is 0 Å². The van der Waals surface area contributed by atoms with Crippen molar-refractivity contribution in [2.24, 2.45) is 12.8 Å². The zero-order chi connectivity index (χ0) is 14.0. The molecule has 1 fully saturated rings. The van der Waals surface area contributed by atoms with Crippen LogP contribution in [0.25, 0.3) is 0 Å². The fraction of sp³-hybridized carbons (Fsp3) is 0.692. The molecule has 0 saturated carbocycles.